The third-order valence-corrected chi connectivity index (χ3v) is 2.46. The number of aliphatic hydroxyl groups excluding tert-OH is 1. The van der Waals surface area contributed by atoms with Crippen molar-refractivity contribution in [3.8, 4) is 0 Å². The van der Waals surface area contributed by atoms with Gasteiger partial charge >= 0.3 is 0 Å². The van der Waals surface area contributed by atoms with E-state index in [2.05, 4.69) is 10.5 Å². The summed E-state index contributed by atoms with van der Waals surface area (Å²) in [5.74, 6) is 0.885. The molecule has 1 unspecified atom stereocenters. The van der Waals surface area contributed by atoms with Crippen LogP contribution < -0.4 is 5.32 Å². The summed E-state index contributed by atoms with van der Waals surface area (Å²) < 4.78 is 5.06. The van der Waals surface area contributed by atoms with Gasteiger partial charge in [0.2, 0.25) is 0 Å². The lowest BCUT2D eigenvalue weighted by Gasteiger charge is -2.05. The highest BCUT2D eigenvalue weighted by Crippen LogP contribution is 2.11. The third-order valence-electron chi connectivity index (χ3n) is 2.46. The van der Waals surface area contributed by atoms with Gasteiger partial charge in [0, 0.05) is 12.1 Å². The standard InChI is InChI=1S/C11H20N2O2/c1-8(14)5-4-6-12-7-11-9(2)13-15-10(11)3/h8,12,14H,4-7H2,1-3H3. The fraction of sp³-hybridized carbons (Fsp3) is 0.727. The predicted molar refractivity (Wildman–Crippen MR) is 58.6 cm³/mol. The number of hydrogen-bond donors (Lipinski definition) is 2. The molecule has 0 radical (unpaired) electrons. The lowest BCUT2D eigenvalue weighted by Crippen LogP contribution is -2.16. The van der Waals surface area contributed by atoms with Gasteiger partial charge in [0.25, 0.3) is 0 Å². The molecule has 0 bridgehead atoms. The molecule has 1 atom stereocenters. The Morgan fingerprint density at radius 3 is 2.73 bits per heavy atom. The summed E-state index contributed by atoms with van der Waals surface area (Å²) in [4.78, 5) is 0. The van der Waals surface area contributed by atoms with Crippen molar-refractivity contribution in [3.05, 3.63) is 17.0 Å². The fourth-order valence-electron chi connectivity index (χ4n) is 1.49. The molecule has 1 heterocycles. The molecule has 1 rings (SSSR count). The number of rotatable bonds is 6. The Labute approximate surface area is 90.7 Å². The zero-order valence-corrected chi connectivity index (χ0v) is 9.71. The number of nitrogens with zero attached hydrogens (tertiary/aromatic N) is 1. The van der Waals surface area contributed by atoms with Crippen molar-refractivity contribution in [1.82, 2.24) is 10.5 Å². The summed E-state index contributed by atoms with van der Waals surface area (Å²) >= 11 is 0. The van der Waals surface area contributed by atoms with Crippen LogP contribution in [0.3, 0.4) is 0 Å². The molecule has 0 aliphatic carbocycles. The van der Waals surface area contributed by atoms with E-state index in [1.165, 1.54) is 0 Å². The van der Waals surface area contributed by atoms with Gasteiger partial charge in [-0.2, -0.15) is 0 Å². The van der Waals surface area contributed by atoms with E-state index >= 15 is 0 Å². The molecule has 0 amide bonds. The summed E-state index contributed by atoms with van der Waals surface area (Å²) in [6.07, 6.45) is 1.63. The van der Waals surface area contributed by atoms with E-state index < -0.39 is 0 Å². The van der Waals surface area contributed by atoms with Gasteiger partial charge in [-0.05, 0) is 40.2 Å². The summed E-state index contributed by atoms with van der Waals surface area (Å²) in [5.41, 5.74) is 2.10. The van der Waals surface area contributed by atoms with E-state index in [0.717, 1.165) is 42.9 Å². The van der Waals surface area contributed by atoms with Crippen LogP contribution in [0.15, 0.2) is 4.52 Å². The quantitative estimate of drug-likeness (QED) is 0.702. The first-order valence-corrected chi connectivity index (χ1v) is 5.41. The van der Waals surface area contributed by atoms with Gasteiger partial charge in [-0.15, -0.1) is 0 Å². The Morgan fingerprint density at radius 1 is 1.47 bits per heavy atom. The van der Waals surface area contributed by atoms with Crippen LogP contribution in [0.25, 0.3) is 0 Å². The highest BCUT2D eigenvalue weighted by atomic mass is 16.5. The third kappa shape index (κ3) is 4.01. The minimum absolute atomic E-state index is 0.203. The number of aryl methyl sites for hydroxylation is 2. The van der Waals surface area contributed by atoms with E-state index in [1.54, 1.807) is 0 Å². The largest absolute Gasteiger partial charge is 0.393 e. The van der Waals surface area contributed by atoms with Crippen LogP contribution in [0, 0.1) is 13.8 Å². The first-order chi connectivity index (χ1) is 7.11. The molecule has 4 nitrogen and oxygen atoms in total. The van der Waals surface area contributed by atoms with Crippen LogP contribution >= 0.6 is 0 Å². The van der Waals surface area contributed by atoms with Gasteiger partial charge < -0.3 is 14.9 Å². The second-order valence-corrected chi connectivity index (χ2v) is 3.97. The van der Waals surface area contributed by atoms with E-state index in [1.807, 2.05) is 20.8 Å². The molecule has 15 heavy (non-hydrogen) atoms. The second-order valence-electron chi connectivity index (χ2n) is 3.97. The van der Waals surface area contributed by atoms with E-state index in [9.17, 15) is 0 Å². The molecule has 2 N–H and O–H groups in total. The number of nitrogens with one attached hydrogen (secondary N) is 1. The maximum absolute atomic E-state index is 9.07. The van der Waals surface area contributed by atoms with Crippen LogP contribution in [-0.4, -0.2) is 22.9 Å². The minimum atomic E-state index is -0.203. The van der Waals surface area contributed by atoms with Gasteiger partial charge in [-0.25, -0.2) is 0 Å². The SMILES string of the molecule is Cc1noc(C)c1CNCCCC(C)O. The first kappa shape index (κ1) is 12.2. The van der Waals surface area contributed by atoms with E-state index in [4.69, 9.17) is 9.63 Å². The molecule has 0 fully saturated rings. The number of hydrogen-bond acceptors (Lipinski definition) is 4. The molecular weight excluding hydrogens is 192 g/mol. The Morgan fingerprint density at radius 2 is 2.20 bits per heavy atom. The molecule has 0 aromatic carbocycles. The van der Waals surface area contributed by atoms with Crippen LogP contribution in [0.1, 0.15) is 36.8 Å². The van der Waals surface area contributed by atoms with E-state index in [-0.39, 0.29) is 6.10 Å². The maximum Gasteiger partial charge on any atom is 0.138 e. The molecule has 86 valence electrons. The van der Waals surface area contributed by atoms with Crippen molar-refractivity contribution in [2.75, 3.05) is 6.54 Å². The van der Waals surface area contributed by atoms with Gasteiger partial charge in [-0.1, -0.05) is 5.16 Å². The lowest BCUT2D eigenvalue weighted by molar-refractivity contribution is 0.181. The van der Waals surface area contributed by atoms with Crippen molar-refractivity contribution in [1.29, 1.82) is 0 Å². The summed E-state index contributed by atoms with van der Waals surface area (Å²) in [5, 5.41) is 16.3. The molecule has 1 aromatic rings. The Bertz CT molecular complexity index is 275. The molecular formula is C11H20N2O2. The van der Waals surface area contributed by atoms with Crippen molar-refractivity contribution in [2.45, 2.75) is 46.3 Å². The van der Waals surface area contributed by atoms with Crippen LogP contribution in [0.5, 0.6) is 0 Å². The maximum atomic E-state index is 9.07. The summed E-state index contributed by atoms with van der Waals surface area (Å²) in [7, 11) is 0. The highest BCUT2D eigenvalue weighted by molar-refractivity contribution is 5.20. The normalized spacial score (nSPS) is 13.1. The van der Waals surface area contributed by atoms with Gasteiger partial charge in [-0.3, -0.25) is 0 Å². The summed E-state index contributed by atoms with van der Waals surface area (Å²) in [6.45, 7) is 7.39. The van der Waals surface area contributed by atoms with Crippen LogP contribution in [0.4, 0.5) is 0 Å². The topological polar surface area (TPSA) is 58.3 Å². The van der Waals surface area contributed by atoms with Crippen LogP contribution in [0.2, 0.25) is 0 Å². The average molecular weight is 212 g/mol. The molecule has 1 aromatic heterocycles. The highest BCUT2D eigenvalue weighted by Gasteiger charge is 2.07. The zero-order chi connectivity index (χ0) is 11.3. The van der Waals surface area contributed by atoms with Crippen molar-refractivity contribution in [3.63, 3.8) is 0 Å². The van der Waals surface area contributed by atoms with Gasteiger partial charge in [0.15, 0.2) is 0 Å². The molecule has 0 spiro atoms. The Kier molecular flexibility index (Phi) is 4.78. The molecule has 0 aliphatic rings. The molecule has 0 aliphatic heterocycles. The van der Waals surface area contributed by atoms with Crippen molar-refractivity contribution >= 4 is 0 Å². The monoisotopic (exact) mass is 212 g/mol. The Hall–Kier alpha value is -0.870. The van der Waals surface area contributed by atoms with Crippen molar-refractivity contribution in [2.24, 2.45) is 0 Å². The average Bonchev–Trinajstić information content (AvgIpc) is 2.47. The Balaban J connectivity index is 2.20. The predicted octanol–water partition coefficient (Wildman–Crippen LogP) is 1.54. The molecule has 0 saturated carbocycles. The lowest BCUT2D eigenvalue weighted by atomic mass is 10.2. The van der Waals surface area contributed by atoms with Gasteiger partial charge in [0.1, 0.15) is 5.76 Å². The number of aliphatic hydroxyl groups is 1. The number of aromatic nitrogens is 1. The first-order valence-electron chi connectivity index (χ1n) is 5.41. The smallest absolute Gasteiger partial charge is 0.138 e. The minimum Gasteiger partial charge on any atom is -0.393 e. The van der Waals surface area contributed by atoms with E-state index in [0.29, 0.717) is 0 Å². The van der Waals surface area contributed by atoms with Gasteiger partial charge in [0.05, 0.1) is 11.8 Å². The fourth-order valence-corrected chi connectivity index (χ4v) is 1.49. The summed E-state index contributed by atoms with van der Waals surface area (Å²) in [6, 6.07) is 0. The molecule has 4 heteroatoms. The van der Waals surface area contributed by atoms with Crippen LogP contribution in [-0.2, 0) is 6.54 Å². The second kappa shape index (κ2) is 5.88. The zero-order valence-electron chi connectivity index (χ0n) is 9.71. The molecule has 0 saturated heterocycles. The van der Waals surface area contributed by atoms with Crippen molar-refractivity contribution < 1.29 is 9.63 Å².